The number of carbonyl (C=O) groups is 1. The Hall–Kier alpha value is -2.57. The minimum absolute atomic E-state index is 0.153. The number of hydrogen-bond acceptors (Lipinski definition) is 4. The molecule has 0 aliphatic carbocycles. The summed E-state index contributed by atoms with van der Waals surface area (Å²) in [5.74, 6) is 1.28. The largest absolute Gasteiger partial charge is 0.464 e. The fourth-order valence-electron chi connectivity index (χ4n) is 2.24. The molecule has 7 heteroatoms. The summed E-state index contributed by atoms with van der Waals surface area (Å²) < 4.78 is 5.45. The van der Waals surface area contributed by atoms with Crippen molar-refractivity contribution in [2.24, 2.45) is 0 Å². The molecule has 118 valence electrons. The van der Waals surface area contributed by atoms with Crippen molar-refractivity contribution >= 4 is 5.91 Å². The van der Waals surface area contributed by atoms with Crippen LogP contribution in [-0.4, -0.2) is 15.9 Å². The van der Waals surface area contributed by atoms with Gasteiger partial charge in [-0.05, 0) is 39.3 Å². The highest BCUT2D eigenvalue weighted by Crippen LogP contribution is 2.15. The first kappa shape index (κ1) is 15.8. The number of furan rings is 1. The quantitative estimate of drug-likeness (QED) is 0.768. The van der Waals surface area contributed by atoms with Crippen LogP contribution in [0, 0.1) is 13.8 Å². The molecule has 2 aromatic rings. The molecule has 7 nitrogen and oxygen atoms in total. The van der Waals surface area contributed by atoms with E-state index >= 15 is 0 Å². The third-order valence-electron chi connectivity index (χ3n) is 3.42. The van der Waals surface area contributed by atoms with E-state index in [1.807, 2.05) is 26.0 Å². The first-order valence-electron chi connectivity index (χ1n) is 7.04. The first-order valence-corrected chi connectivity index (χ1v) is 7.04. The highest BCUT2D eigenvalue weighted by molar-refractivity contribution is 5.76. The molecule has 0 unspecified atom stereocenters. The van der Waals surface area contributed by atoms with E-state index in [-0.39, 0.29) is 24.8 Å². The lowest BCUT2D eigenvalue weighted by Gasteiger charge is -2.11. The minimum Gasteiger partial charge on any atom is -0.464 e. The monoisotopic (exact) mass is 305 g/mol. The average molecular weight is 305 g/mol. The van der Waals surface area contributed by atoms with Crippen molar-refractivity contribution in [2.45, 2.75) is 39.7 Å². The number of aryl methyl sites for hydroxylation is 2. The molecule has 2 aromatic heterocycles. The highest BCUT2D eigenvalue weighted by Gasteiger charge is 2.14. The summed E-state index contributed by atoms with van der Waals surface area (Å²) in [5.41, 5.74) is -0.103. The normalized spacial score (nSPS) is 12.1. The molecule has 0 aliphatic rings. The number of carbonyl (C=O) groups excluding carboxylic acids is 1. The van der Waals surface area contributed by atoms with Crippen molar-refractivity contribution in [2.75, 3.05) is 0 Å². The van der Waals surface area contributed by atoms with Crippen molar-refractivity contribution in [1.82, 2.24) is 15.3 Å². The molecule has 1 atom stereocenters. The molecule has 22 heavy (non-hydrogen) atoms. The van der Waals surface area contributed by atoms with Crippen LogP contribution >= 0.6 is 0 Å². The number of rotatable bonds is 5. The number of hydrogen-bond donors (Lipinski definition) is 3. The summed E-state index contributed by atoms with van der Waals surface area (Å²) >= 11 is 0. The predicted molar refractivity (Wildman–Crippen MR) is 80.7 cm³/mol. The van der Waals surface area contributed by atoms with Crippen LogP contribution in [0.2, 0.25) is 0 Å². The summed E-state index contributed by atoms with van der Waals surface area (Å²) in [7, 11) is 0. The van der Waals surface area contributed by atoms with Gasteiger partial charge in [0.15, 0.2) is 0 Å². The van der Waals surface area contributed by atoms with Gasteiger partial charge < -0.3 is 14.7 Å². The van der Waals surface area contributed by atoms with Gasteiger partial charge in [0.1, 0.15) is 11.5 Å². The Morgan fingerprint density at radius 1 is 1.27 bits per heavy atom. The van der Waals surface area contributed by atoms with Crippen molar-refractivity contribution in [3.05, 3.63) is 55.7 Å². The van der Waals surface area contributed by atoms with Crippen molar-refractivity contribution in [1.29, 1.82) is 0 Å². The third kappa shape index (κ3) is 3.75. The van der Waals surface area contributed by atoms with Gasteiger partial charge in [0.25, 0.3) is 5.56 Å². The molecule has 0 spiro atoms. The maximum absolute atomic E-state index is 12.0. The van der Waals surface area contributed by atoms with Crippen LogP contribution in [-0.2, 0) is 11.2 Å². The Bertz CT molecular complexity index is 785. The van der Waals surface area contributed by atoms with E-state index in [4.69, 9.17) is 4.42 Å². The van der Waals surface area contributed by atoms with Gasteiger partial charge in [-0.1, -0.05) is 0 Å². The van der Waals surface area contributed by atoms with Gasteiger partial charge in [-0.3, -0.25) is 14.6 Å². The fourth-order valence-corrected chi connectivity index (χ4v) is 2.24. The van der Waals surface area contributed by atoms with Gasteiger partial charge in [-0.2, -0.15) is 0 Å². The molecule has 0 saturated heterocycles. The maximum atomic E-state index is 12.0. The van der Waals surface area contributed by atoms with E-state index in [1.165, 1.54) is 0 Å². The number of aromatic nitrogens is 2. The molecular weight excluding hydrogens is 286 g/mol. The van der Waals surface area contributed by atoms with Gasteiger partial charge >= 0.3 is 5.69 Å². The van der Waals surface area contributed by atoms with E-state index in [2.05, 4.69) is 15.3 Å². The second-order valence-corrected chi connectivity index (χ2v) is 5.25. The molecule has 0 saturated carbocycles. The van der Waals surface area contributed by atoms with Gasteiger partial charge in [-0.25, -0.2) is 4.79 Å². The molecule has 0 aliphatic heterocycles. The first-order chi connectivity index (χ1) is 10.4. The lowest BCUT2D eigenvalue weighted by atomic mass is 10.1. The van der Waals surface area contributed by atoms with Crippen LogP contribution < -0.4 is 16.6 Å². The van der Waals surface area contributed by atoms with Crippen LogP contribution in [0.1, 0.15) is 42.2 Å². The molecule has 0 bridgehead atoms. The zero-order chi connectivity index (χ0) is 16.3. The third-order valence-corrected chi connectivity index (χ3v) is 3.42. The Morgan fingerprint density at radius 2 is 2.00 bits per heavy atom. The Kier molecular flexibility index (Phi) is 4.65. The number of amides is 1. The zero-order valence-corrected chi connectivity index (χ0v) is 12.8. The second-order valence-electron chi connectivity index (χ2n) is 5.25. The molecular formula is C15H19N3O4. The van der Waals surface area contributed by atoms with Crippen molar-refractivity contribution < 1.29 is 9.21 Å². The van der Waals surface area contributed by atoms with E-state index in [0.717, 1.165) is 5.76 Å². The molecule has 1 amide bonds. The minimum atomic E-state index is -0.544. The highest BCUT2D eigenvalue weighted by atomic mass is 16.3. The molecule has 3 N–H and O–H groups in total. The average Bonchev–Trinajstić information content (AvgIpc) is 2.84. The van der Waals surface area contributed by atoms with Crippen LogP contribution in [0.25, 0.3) is 0 Å². The predicted octanol–water partition coefficient (Wildman–Crippen LogP) is 1.08. The lowest BCUT2D eigenvalue weighted by molar-refractivity contribution is -0.121. The summed E-state index contributed by atoms with van der Waals surface area (Å²) in [6.45, 7) is 5.30. The van der Waals surface area contributed by atoms with Gasteiger partial charge in [0.2, 0.25) is 5.91 Å². The van der Waals surface area contributed by atoms with E-state index in [1.54, 1.807) is 6.92 Å². The Labute approximate surface area is 126 Å². The number of H-pyrrole nitrogens is 2. The lowest BCUT2D eigenvalue weighted by Crippen LogP contribution is -2.30. The summed E-state index contributed by atoms with van der Waals surface area (Å²) in [4.78, 5) is 39.4. The van der Waals surface area contributed by atoms with Crippen LogP contribution in [0.3, 0.4) is 0 Å². The van der Waals surface area contributed by atoms with Crippen LogP contribution in [0.15, 0.2) is 26.1 Å². The van der Waals surface area contributed by atoms with Gasteiger partial charge in [0.05, 0.1) is 6.04 Å². The second kappa shape index (κ2) is 6.46. The topological polar surface area (TPSA) is 108 Å². The van der Waals surface area contributed by atoms with E-state index < -0.39 is 11.2 Å². The number of nitrogens with one attached hydrogen (secondary N) is 3. The Balaban J connectivity index is 1.96. The van der Waals surface area contributed by atoms with Crippen LogP contribution in [0.5, 0.6) is 0 Å². The summed E-state index contributed by atoms with van der Waals surface area (Å²) in [6, 6.07) is 3.41. The van der Waals surface area contributed by atoms with Crippen LogP contribution in [0.4, 0.5) is 0 Å². The Morgan fingerprint density at radius 3 is 2.59 bits per heavy atom. The molecule has 0 aromatic carbocycles. The molecule has 2 heterocycles. The maximum Gasteiger partial charge on any atom is 0.325 e. The molecule has 0 fully saturated rings. The SMILES string of the molecule is Cc1ccc([C@H](C)NC(=O)CCc2c(C)[nH]c(=O)[nH]c2=O)o1. The van der Waals surface area contributed by atoms with Crippen molar-refractivity contribution in [3.8, 4) is 0 Å². The zero-order valence-electron chi connectivity index (χ0n) is 12.8. The summed E-state index contributed by atoms with van der Waals surface area (Å²) in [6.07, 6.45) is 0.410. The standard InChI is InChI=1S/C15H19N3O4/c1-8-4-6-12(22-8)10(3)16-13(19)7-5-11-9(2)17-15(21)18-14(11)20/h4,6,10H,5,7H2,1-3H3,(H,16,19)(H2,17,18,20,21)/t10-/m0/s1. The van der Waals surface area contributed by atoms with Crippen molar-refractivity contribution in [3.63, 3.8) is 0 Å². The van der Waals surface area contributed by atoms with Gasteiger partial charge in [0, 0.05) is 17.7 Å². The van der Waals surface area contributed by atoms with E-state index in [9.17, 15) is 14.4 Å². The van der Waals surface area contributed by atoms with E-state index in [0.29, 0.717) is 17.0 Å². The smallest absolute Gasteiger partial charge is 0.325 e. The molecule has 2 rings (SSSR count). The van der Waals surface area contributed by atoms with Gasteiger partial charge in [-0.15, -0.1) is 0 Å². The summed E-state index contributed by atoms with van der Waals surface area (Å²) in [5, 5.41) is 2.81. The fraction of sp³-hybridized carbons (Fsp3) is 0.400. The molecule has 0 radical (unpaired) electrons. The number of aromatic amines is 2.